The van der Waals surface area contributed by atoms with Gasteiger partial charge in [0.05, 0.1) is 23.5 Å². The van der Waals surface area contributed by atoms with Gasteiger partial charge in [0.25, 0.3) is 0 Å². The highest BCUT2D eigenvalue weighted by Crippen LogP contribution is 2.25. The summed E-state index contributed by atoms with van der Waals surface area (Å²) in [6.07, 6.45) is 0.978. The van der Waals surface area contributed by atoms with E-state index in [0.29, 0.717) is 17.9 Å². The highest BCUT2D eigenvalue weighted by atomic mass is 16.5. The van der Waals surface area contributed by atoms with E-state index in [0.717, 1.165) is 12.1 Å². The van der Waals surface area contributed by atoms with E-state index in [1.54, 1.807) is 19.1 Å². The number of benzene rings is 1. The number of esters is 1. The van der Waals surface area contributed by atoms with Crippen LogP contribution in [0.5, 0.6) is 0 Å². The second kappa shape index (κ2) is 5.76. The van der Waals surface area contributed by atoms with Crippen LogP contribution in [0.25, 0.3) is 0 Å². The predicted molar refractivity (Wildman–Crippen MR) is 74.8 cm³/mol. The Morgan fingerprint density at radius 1 is 1.39 bits per heavy atom. The smallest absolute Gasteiger partial charge is 0.338 e. The van der Waals surface area contributed by atoms with Crippen molar-refractivity contribution in [2.75, 3.05) is 17.7 Å². The van der Waals surface area contributed by atoms with Crippen molar-refractivity contribution >= 4 is 17.3 Å². The molecule has 0 aromatic heterocycles. The highest BCUT2D eigenvalue weighted by Gasteiger charge is 2.16. The van der Waals surface area contributed by atoms with Crippen LogP contribution in [0.1, 0.15) is 44.5 Å². The van der Waals surface area contributed by atoms with Crippen LogP contribution in [0, 0.1) is 0 Å². The fourth-order valence-corrected chi connectivity index (χ4v) is 1.47. The average molecular weight is 250 g/mol. The molecule has 18 heavy (non-hydrogen) atoms. The van der Waals surface area contributed by atoms with Crippen molar-refractivity contribution in [3.8, 4) is 0 Å². The van der Waals surface area contributed by atoms with Gasteiger partial charge in [-0.05, 0) is 45.4 Å². The molecule has 0 heterocycles. The third-order valence-electron chi connectivity index (χ3n) is 2.92. The predicted octanol–water partition coefficient (Wildman–Crippen LogP) is 3.05. The Labute approximate surface area is 109 Å². The van der Waals surface area contributed by atoms with Gasteiger partial charge >= 0.3 is 5.97 Å². The molecule has 1 rings (SSSR count). The zero-order valence-electron chi connectivity index (χ0n) is 11.5. The maximum absolute atomic E-state index is 11.6. The first kappa shape index (κ1) is 14.4. The SMILES string of the molecule is CCOC(=O)c1ccc(NC(C)(C)CC)c(N)c1. The maximum atomic E-state index is 11.6. The van der Waals surface area contributed by atoms with Gasteiger partial charge in [0.2, 0.25) is 0 Å². The molecule has 0 radical (unpaired) electrons. The van der Waals surface area contributed by atoms with E-state index in [9.17, 15) is 4.79 Å². The first-order valence-electron chi connectivity index (χ1n) is 6.24. The van der Waals surface area contributed by atoms with Crippen molar-refractivity contribution in [3.05, 3.63) is 23.8 Å². The molecule has 3 N–H and O–H groups in total. The fraction of sp³-hybridized carbons (Fsp3) is 0.500. The first-order chi connectivity index (χ1) is 8.39. The van der Waals surface area contributed by atoms with E-state index >= 15 is 0 Å². The number of anilines is 2. The number of hydrogen-bond acceptors (Lipinski definition) is 4. The first-order valence-corrected chi connectivity index (χ1v) is 6.24. The summed E-state index contributed by atoms with van der Waals surface area (Å²) >= 11 is 0. The molecule has 100 valence electrons. The van der Waals surface area contributed by atoms with Crippen molar-refractivity contribution < 1.29 is 9.53 Å². The summed E-state index contributed by atoms with van der Waals surface area (Å²) in [5.74, 6) is -0.342. The topological polar surface area (TPSA) is 64.3 Å². The molecule has 4 nitrogen and oxygen atoms in total. The maximum Gasteiger partial charge on any atom is 0.338 e. The summed E-state index contributed by atoms with van der Waals surface area (Å²) in [7, 11) is 0. The Bertz CT molecular complexity index is 428. The Morgan fingerprint density at radius 3 is 2.56 bits per heavy atom. The number of ether oxygens (including phenoxy) is 1. The lowest BCUT2D eigenvalue weighted by molar-refractivity contribution is 0.0526. The molecule has 1 aromatic rings. The van der Waals surface area contributed by atoms with E-state index in [1.807, 2.05) is 6.07 Å². The molecule has 0 aliphatic rings. The van der Waals surface area contributed by atoms with Crippen LogP contribution >= 0.6 is 0 Å². The molecule has 0 saturated heterocycles. The van der Waals surface area contributed by atoms with Gasteiger partial charge in [-0.15, -0.1) is 0 Å². The number of hydrogen-bond donors (Lipinski definition) is 2. The van der Waals surface area contributed by atoms with Gasteiger partial charge in [-0.2, -0.15) is 0 Å². The van der Waals surface area contributed by atoms with E-state index < -0.39 is 0 Å². The van der Waals surface area contributed by atoms with Crippen molar-refractivity contribution in [3.63, 3.8) is 0 Å². The van der Waals surface area contributed by atoms with Crippen LogP contribution in [-0.2, 0) is 4.74 Å². The Morgan fingerprint density at radius 2 is 2.06 bits per heavy atom. The molecule has 0 saturated carbocycles. The molecule has 0 unspecified atom stereocenters. The number of carbonyl (C=O) groups excluding carboxylic acids is 1. The minimum atomic E-state index is -0.342. The number of carbonyl (C=O) groups is 1. The molecule has 0 bridgehead atoms. The van der Waals surface area contributed by atoms with Crippen molar-refractivity contribution in [1.29, 1.82) is 0 Å². The summed E-state index contributed by atoms with van der Waals surface area (Å²) in [6, 6.07) is 5.19. The summed E-state index contributed by atoms with van der Waals surface area (Å²) in [6.45, 7) is 8.45. The van der Waals surface area contributed by atoms with Gasteiger partial charge in [0.15, 0.2) is 0 Å². The van der Waals surface area contributed by atoms with Crippen molar-refractivity contribution in [2.24, 2.45) is 0 Å². The second-order valence-corrected chi connectivity index (χ2v) is 4.88. The zero-order valence-corrected chi connectivity index (χ0v) is 11.5. The van der Waals surface area contributed by atoms with E-state index in [1.165, 1.54) is 0 Å². The molecule has 0 amide bonds. The molecule has 0 aliphatic carbocycles. The van der Waals surface area contributed by atoms with Crippen LogP contribution in [0.15, 0.2) is 18.2 Å². The quantitative estimate of drug-likeness (QED) is 0.622. The standard InChI is InChI=1S/C14H22N2O2/c1-5-14(3,4)16-12-8-7-10(9-11(12)15)13(17)18-6-2/h7-9,16H,5-6,15H2,1-4H3. The Balaban J connectivity index is 2.89. The van der Waals surface area contributed by atoms with E-state index in [2.05, 4.69) is 26.1 Å². The summed E-state index contributed by atoms with van der Waals surface area (Å²) in [4.78, 5) is 11.6. The van der Waals surface area contributed by atoms with Crippen LogP contribution in [0.3, 0.4) is 0 Å². The van der Waals surface area contributed by atoms with Gasteiger partial charge in [0.1, 0.15) is 0 Å². The van der Waals surface area contributed by atoms with Gasteiger partial charge < -0.3 is 15.8 Å². The van der Waals surface area contributed by atoms with Crippen LogP contribution in [-0.4, -0.2) is 18.1 Å². The lowest BCUT2D eigenvalue weighted by Crippen LogP contribution is -2.30. The lowest BCUT2D eigenvalue weighted by atomic mass is 10.0. The van der Waals surface area contributed by atoms with Crippen LogP contribution < -0.4 is 11.1 Å². The molecular formula is C14H22N2O2. The van der Waals surface area contributed by atoms with Crippen LogP contribution in [0.4, 0.5) is 11.4 Å². The molecule has 0 fully saturated rings. The monoisotopic (exact) mass is 250 g/mol. The van der Waals surface area contributed by atoms with Gasteiger partial charge in [0, 0.05) is 5.54 Å². The molecule has 0 atom stereocenters. The summed E-state index contributed by atoms with van der Waals surface area (Å²) in [5.41, 5.74) is 7.80. The third-order valence-corrected chi connectivity index (χ3v) is 2.92. The van der Waals surface area contributed by atoms with Gasteiger partial charge in [-0.3, -0.25) is 0 Å². The number of nitrogens with two attached hydrogens (primary N) is 1. The van der Waals surface area contributed by atoms with Crippen molar-refractivity contribution in [1.82, 2.24) is 0 Å². The highest BCUT2D eigenvalue weighted by molar-refractivity contribution is 5.92. The Kier molecular flexibility index (Phi) is 4.59. The number of nitrogens with one attached hydrogen (secondary N) is 1. The lowest BCUT2D eigenvalue weighted by Gasteiger charge is -2.26. The number of rotatable bonds is 5. The average Bonchev–Trinajstić information content (AvgIpc) is 2.32. The second-order valence-electron chi connectivity index (χ2n) is 4.88. The zero-order chi connectivity index (χ0) is 13.8. The fourth-order valence-electron chi connectivity index (χ4n) is 1.47. The molecule has 0 aliphatic heterocycles. The largest absolute Gasteiger partial charge is 0.462 e. The van der Waals surface area contributed by atoms with Crippen molar-refractivity contribution in [2.45, 2.75) is 39.7 Å². The molecule has 4 heteroatoms. The van der Waals surface area contributed by atoms with Gasteiger partial charge in [-0.25, -0.2) is 4.79 Å². The van der Waals surface area contributed by atoms with E-state index in [4.69, 9.17) is 10.5 Å². The Hall–Kier alpha value is -1.71. The molecular weight excluding hydrogens is 228 g/mol. The summed E-state index contributed by atoms with van der Waals surface area (Å²) in [5, 5.41) is 3.36. The van der Waals surface area contributed by atoms with E-state index in [-0.39, 0.29) is 11.5 Å². The minimum absolute atomic E-state index is 0.0282. The number of nitrogen functional groups attached to an aromatic ring is 1. The van der Waals surface area contributed by atoms with Crippen LogP contribution in [0.2, 0.25) is 0 Å². The normalized spacial score (nSPS) is 11.1. The minimum Gasteiger partial charge on any atom is -0.462 e. The summed E-state index contributed by atoms with van der Waals surface area (Å²) < 4.78 is 4.93. The molecule has 0 spiro atoms. The van der Waals surface area contributed by atoms with Gasteiger partial charge in [-0.1, -0.05) is 6.92 Å². The molecule has 1 aromatic carbocycles. The third kappa shape index (κ3) is 3.65.